The summed E-state index contributed by atoms with van der Waals surface area (Å²) in [5.41, 5.74) is 0.463. The molecule has 152 valence electrons. The number of aliphatic hydroxyl groups is 1. The van der Waals surface area contributed by atoms with Crippen LogP contribution in [0.1, 0.15) is 49.9 Å². The number of nitrogens with zero attached hydrogens (tertiary/aromatic N) is 1. The lowest BCUT2D eigenvalue weighted by molar-refractivity contribution is 0.0827. The summed E-state index contributed by atoms with van der Waals surface area (Å²) in [6.45, 7) is 7.68. The Bertz CT molecular complexity index is 586. The summed E-state index contributed by atoms with van der Waals surface area (Å²) in [6, 6.07) is 5.18. The first kappa shape index (κ1) is 21.5. The third-order valence-electron chi connectivity index (χ3n) is 4.80. The molecule has 6 nitrogen and oxygen atoms in total. The second kappa shape index (κ2) is 11.1. The van der Waals surface area contributed by atoms with Gasteiger partial charge in [-0.2, -0.15) is 0 Å². The number of hydrogen-bond acceptors (Lipinski definition) is 5. The van der Waals surface area contributed by atoms with Crippen LogP contribution in [0.4, 0.5) is 0 Å². The predicted molar refractivity (Wildman–Crippen MR) is 107 cm³/mol. The molecule has 1 fully saturated rings. The molecule has 1 aliphatic rings. The van der Waals surface area contributed by atoms with E-state index in [1.807, 2.05) is 0 Å². The van der Waals surface area contributed by atoms with E-state index in [0.717, 1.165) is 19.5 Å². The van der Waals surface area contributed by atoms with E-state index in [4.69, 9.17) is 9.47 Å². The molecule has 0 spiro atoms. The summed E-state index contributed by atoms with van der Waals surface area (Å²) in [6.07, 6.45) is 3.97. The lowest BCUT2D eigenvalue weighted by Crippen LogP contribution is -2.42. The minimum absolute atomic E-state index is 0.229. The Balaban J connectivity index is 1.91. The normalized spacial score (nSPS) is 16.2. The molecule has 1 atom stereocenters. The van der Waals surface area contributed by atoms with E-state index in [1.165, 1.54) is 19.3 Å². The van der Waals surface area contributed by atoms with Gasteiger partial charge in [0.1, 0.15) is 11.5 Å². The van der Waals surface area contributed by atoms with Gasteiger partial charge in [-0.15, -0.1) is 0 Å². The van der Waals surface area contributed by atoms with E-state index < -0.39 is 6.10 Å². The summed E-state index contributed by atoms with van der Waals surface area (Å²) in [4.78, 5) is 14.9. The van der Waals surface area contributed by atoms with Crippen LogP contribution in [-0.4, -0.2) is 61.9 Å². The lowest BCUT2D eigenvalue weighted by atomic mass is 10.1. The molecule has 2 rings (SSSR count). The van der Waals surface area contributed by atoms with Crippen molar-refractivity contribution in [3.63, 3.8) is 0 Å². The molecule has 2 N–H and O–H groups in total. The van der Waals surface area contributed by atoms with Gasteiger partial charge in [-0.1, -0.05) is 20.3 Å². The number of hydrogen-bond donors (Lipinski definition) is 2. The van der Waals surface area contributed by atoms with Gasteiger partial charge in [-0.25, -0.2) is 0 Å². The number of carbonyl (C=O) groups is 1. The summed E-state index contributed by atoms with van der Waals surface area (Å²) in [7, 11) is 1.59. The fraction of sp³-hybridized carbons (Fsp3) is 0.667. The maximum atomic E-state index is 12.6. The molecule has 1 heterocycles. The molecule has 0 saturated carbocycles. The maximum Gasteiger partial charge on any atom is 0.255 e. The van der Waals surface area contributed by atoms with E-state index in [2.05, 4.69) is 24.1 Å². The van der Waals surface area contributed by atoms with Crippen molar-refractivity contribution < 1.29 is 19.4 Å². The first-order valence-electron chi connectivity index (χ1n) is 9.99. The molecule has 1 aliphatic heterocycles. The van der Waals surface area contributed by atoms with Gasteiger partial charge in [-0.3, -0.25) is 4.79 Å². The number of amides is 1. The van der Waals surface area contributed by atoms with Gasteiger partial charge < -0.3 is 24.8 Å². The number of ether oxygens (including phenoxy) is 2. The smallest absolute Gasteiger partial charge is 0.255 e. The zero-order chi connectivity index (χ0) is 19.6. The van der Waals surface area contributed by atoms with E-state index in [1.54, 1.807) is 25.3 Å². The van der Waals surface area contributed by atoms with Crippen molar-refractivity contribution in [3.05, 3.63) is 23.8 Å². The standard InChI is InChI=1S/C21H34N2O4/c1-16(2)9-12-27-20-13-18(26-3)7-8-19(20)21(25)22-14-17(24)15-23-10-5-4-6-11-23/h7-8,13,16-17,24H,4-6,9-12,14-15H2,1-3H3,(H,22,25)/t17-/m1/s1. The number of rotatable bonds is 10. The zero-order valence-corrected chi connectivity index (χ0v) is 16.9. The van der Waals surface area contributed by atoms with Crippen molar-refractivity contribution in [2.24, 2.45) is 5.92 Å². The molecule has 0 unspecified atom stereocenters. The van der Waals surface area contributed by atoms with Crippen LogP contribution in [0.2, 0.25) is 0 Å². The van der Waals surface area contributed by atoms with Gasteiger partial charge in [0, 0.05) is 19.2 Å². The van der Waals surface area contributed by atoms with Crippen molar-refractivity contribution in [1.29, 1.82) is 0 Å². The van der Waals surface area contributed by atoms with Crippen LogP contribution in [0.25, 0.3) is 0 Å². The van der Waals surface area contributed by atoms with Gasteiger partial charge >= 0.3 is 0 Å². The van der Waals surface area contributed by atoms with Crippen LogP contribution in [0.15, 0.2) is 18.2 Å². The average molecular weight is 379 g/mol. The molecule has 1 aromatic rings. The quantitative estimate of drug-likeness (QED) is 0.655. The first-order chi connectivity index (χ1) is 13.0. The number of nitrogens with one attached hydrogen (secondary N) is 1. The molecule has 0 aromatic heterocycles. The summed E-state index contributed by atoms with van der Waals surface area (Å²) in [5.74, 6) is 1.45. The summed E-state index contributed by atoms with van der Waals surface area (Å²) in [5, 5.41) is 13.1. The van der Waals surface area contributed by atoms with Gasteiger partial charge in [0.15, 0.2) is 0 Å². The molecule has 27 heavy (non-hydrogen) atoms. The highest BCUT2D eigenvalue weighted by molar-refractivity contribution is 5.97. The van der Waals surface area contributed by atoms with Crippen LogP contribution in [0.3, 0.4) is 0 Å². The van der Waals surface area contributed by atoms with Crippen LogP contribution in [0, 0.1) is 5.92 Å². The van der Waals surface area contributed by atoms with Crippen LogP contribution in [0.5, 0.6) is 11.5 Å². The molecular formula is C21H34N2O4. The Labute approximate surface area is 162 Å². The SMILES string of the molecule is COc1ccc(C(=O)NC[C@@H](O)CN2CCCCC2)c(OCCC(C)C)c1. The average Bonchev–Trinajstić information content (AvgIpc) is 2.66. The Morgan fingerprint density at radius 1 is 1.26 bits per heavy atom. The second-order valence-electron chi connectivity index (χ2n) is 7.62. The number of benzene rings is 1. The molecule has 0 radical (unpaired) electrons. The van der Waals surface area contributed by atoms with Gasteiger partial charge in [0.2, 0.25) is 0 Å². The third-order valence-corrected chi connectivity index (χ3v) is 4.80. The number of piperidine rings is 1. The third kappa shape index (κ3) is 7.39. The minimum Gasteiger partial charge on any atom is -0.497 e. The Morgan fingerprint density at radius 2 is 2.00 bits per heavy atom. The molecule has 0 bridgehead atoms. The molecule has 1 amide bonds. The number of methoxy groups -OCH3 is 1. The van der Waals surface area contributed by atoms with Gasteiger partial charge in [0.25, 0.3) is 5.91 Å². The summed E-state index contributed by atoms with van der Waals surface area (Å²) < 4.78 is 11.1. The molecule has 1 saturated heterocycles. The van der Waals surface area contributed by atoms with Crippen molar-refractivity contribution in [3.8, 4) is 11.5 Å². The molecule has 0 aliphatic carbocycles. The highest BCUT2D eigenvalue weighted by Gasteiger charge is 2.18. The minimum atomic E-state index is -0.574. The van der Waals surface area contributed by atoms with E-state index in [9.17, 15) is 9.90 Å². The number of β-amino-alcohol motifs (C(OH)–C–C–N with tert-alkyl or cyclic N) is 1. The van der Waals surface area contributed by atoms with Crippen LogP contribution >= 0.6 is 0 Å². The van der Waals surface area contributed by atoms with Crippen molar-refractivity contribution >= 4 is 5.91 Å². The molecule has 6 heteroatoms. The van der Waals surface area contributed by atoms with E-state index >= 15 is 0 Å². The van der Waals surface area contributed by atoms with Gasteiger partial charge in [-0.05, 0) is 50.4 Å². The fourth-order valence-electron chi connectivity index (χ4n) is 3.15. The monoisotopic (exact) mass is 378 g/mol. The zero-order valence-electron chi connectivity index (χ0n) is 16.9. The van der Waals surface area contributed by atoms with Crippen molar-refractivity contribution in [2.75, 3.05) is 39.9 Å². The first-order valence-corrected chi connectivity index (χ1v) is 9.99. The number of aliphatic hydroxyl groups excluding tert-OH is 1. The lowest BCUT2D eigenvalue weighted by Gasteiger charge is -2.28. The molecular weight excluding hydrogens is 344 g/mol. The second-order valence-corrected chi connectivity index (χ2v) is 7.62. The Hall–Kier alpha value is -1.79. The summed E-state index contributed by atoms with van der Waals surface area (Å²) >= 11 is 0. The van der Waals surface area contributed by atoms with Crippen LogP contribution in [-0.2, 0) is 0 Å². The van der Waals surface area contributed by atoms with Crippen molar-refractivity contribution in [1.82, 2.24) is 10.2 Å². The van der Waals surface area contributed by atoms with Crippen molar-refractivity contribution in [2.45, 2.75) is 45.6 Å². The highest BCUT2D eigenvalue weighted by Crippen LogP contribution is 2.25. The van der Waals surface area contributed by atoms with Crippen LogP contribution < -0.4 is 14.8 Å². The number of likely N-dealkylation sites (tertiary alicyclic amines) is 1. The Morgan fingerprint density at radius 3 is 2.67 bits per heavy atom. The highest BCUT2D eigenvalue weighted by atomic mass is 16.5. The van der Waals surface area contributed by atoms with Gasteiger partial charge in [0.05, 0.1) is 25.4 Å². The molecule has 1 aromatic carbocycles. The van der Waals surface area contributed by atoms with E-state index in [0.29, 0.717) is 36.1 Å². The topological polar surface area (TPSA) is 71.0 Å². The fourth-order valence-corrected chi connectivity index (χ4v) is 3.15. The largest absolute Gasteiger partial charge is 0.497 e. The predicted octanol–water partition coefficient (Wildman–Crippen LogP) is 2.70. The number of carbonyl (C=O) groups excluding carboxylic acids is 1. The maximum absolute atomic E-state index is 12.6. The Kier molecular flexibility index (Phi) is 8.88. The van der Waals surface area contributed by atoms with E-state index in [-0.39, 0.29) is 12.5 Å².